The Bertz CT molecular complexity index is 752. The normalized spacial score (nSPS) is 10.0. The number of anilines is 3. The summed E-state index contributed by atoms with van der Waals surface area (Å²) in [4.78, 5) is 34.1. The van der Waals surface area contributed by atoms with E-state index >= 15 is 0 Å². The molecule has 2 aromatic rings. The lowest BCUT2D eigenvalue weighted by atomic mass is 10.1. The van der Waals surface area contributed by atoms with Crippen molar-refractivity contribution in [1.29, 1.82) is 0 Å². The molecule has 2 amide bonds. The number of Topliss-reactive ketones (excluding diaryl/α,β-unsaturated/α-hetero) is 1. The van der Waals surface area contributed by atoms with E-state index in [1.807, 2.05) is 12.1 Å². The van der Waals surface area contributed by atoms with Crippen LogP contribution in [0.5, 0.6) is 0 Å². The molecule has 0 unspecified atom stereocenters. The van der Waals surface area contributed by atoms with Crippen LogP contribution in [0.4, 0.5) is 17.1 Å². The fraction of sp³-hybridized carbons (Fsp3) is 0.211. The van der Waals surface area contributed by atoms with Crippen molar-refractivity contribution in [3.63, 3.8) is 0 Å². The zero-order valence-corrected chi connectivity index (χ0v) is 14.3. The molecule has 0 fully saturated rings. The molecule has 130 valence electrons. The predicted octanol–water partition coefficient (Wildman–Crippen LogP) is 3.29. The third-order valence-corrected chi connectivity index (χ3v) is 3.46. The van der Waals surface area contributed by atoms with Crippen LogP contribution in [0.25, 0.3) is 0 Å². The molecule has 3 N–H and O–H groups in total. The number of hydrogen-bond donors (Lipinski definition) is 3. The van der Waals surface area contributed by atoms with Crippen molar-refractivity contribution in [2.24, 2.45) is 0 Å². The molecule has 2 rings (SSSR count). The van der Waals surface area contributed by atoms with E-state index in [9.17, 15) is 14.4 Å². The Hall–Kier alpha value is -3.15. The molecule has 0 radical (unpaired) electrons. The van der Waals surface area contributed by atoms with Crippen LogP contribution in [0.1, 0.15) is 30.6 Å². The Kier molecular flexibility index (Phi) is 6.28. The van der Waals surface area contributed by atoms with Crippen molar-refractivity contribution in [2.45, 2.75) is 20.3 Å². The number of rotatable bonds is 7. The van der Waals surface area contributed by atoms with Gasteiger partial charge in [0.1, 0.15) is 0 Å². The van der Waals surface area contributed by atoms with Crippen molar-refractivity contribution in [3.8, 4) is 0 Å². The van der Waals surface area contributed by atoms with E-state index < -0.39 is 0 Å². The lowest BCUT2D eigenvalue weighted by Gasteiger charge is -2.09. The van der Waals surface area contributed by atoms with Crippen LogP contribution in [0.15, 0.2) is 48.5 Å². The second-order valence-corrected chi connectivity index (χ2v) is 5.62. The summed E-state index contributed by atoms with van der Waals surface area (Å²) in [6, 6.07) is 14.1. The van der Waals surface area contributed by atoms with Crippen molar-refractivity contribution in [2.75, 3.05) is 22.5 Å². The van der Waals surface area contributed by atoms with Gasteiger partial charge in [-0.3, -0.25) is 14.4 Å². The van der Waals surface area contributed by atoms with Crippen LogP contribution in [-0.4, -0.2) is 24.1 Å². The van der Waals surface area contributed by atoms with Gasteiger partial charge in [-0.1, -0.05) is 0 Å². The quantitative estimate of drug-likeness (QED) is 0.676. The van der Waals surface area contributed by atoms with E-state index in [0.29, 0.717) is 24.2 Å². The van der Waals surface area contributed by atoms with Crippen LogP contribution < -0.4 is 16.0 Å². The molecule has 0 aliphatic heterocycles. The number of hydrogen-bond acceptors (Lipinski definition) is 4. The fourth-order valence-corrected chi connectivity index (χ4v) is 2.21. The molecule has 2 aromatic carbocycles. The summed E-state index contributed by atoms with van der Waals surface area (Å²) in [5, 5.41) is 8.63. The molecule has 0 heterocycles. The minimum absolute atomic E-state index is 0.00778. The van der Waals surface area contributed by atoms with Gasteiger partial charge < -0.3 is 16.0 Å². The number of benzene rings is 2. The highest BCUT2D eigenvalue weighted by atomic mass is 16.2. The van der Waals surface area contributed by atoms with Gasteiger partial charge in [-0.2, -0.15) is 0 Å². The molecule has 0 aromatic heterocycles. The van der Waals surface area contributed by atoms with Gasteiger partial charge in [0.25, 0.3) is 0 Å². The van der Waals surface area contributed by atoms with Crippen LogP contribution in [0, 0.1) is 0 Å². The molecule has 0 saturated carbocycles. The van der Waals surface area contributed by atoms with Crippen LogP contribution in [-0.2, 0) is 9.59 Å². The Balaban J connectivity index is 1.76. The zero-order chi connectivity index (χ0) is 18.2. The fourth-order valence-electron chi connectivity index (χ4n) is 2.21. The number of nitrogens with one attached hydrogen (secondary N) is 3. The van der Waals surface area contributed by atoms with E-state index in [4.69, 9.17) is 0 Å². The Morgan fingerprint density at radius 3 is 1.84 bits per heavy atom. The van der Waals surface area contributed by atoms with Crippen molar-refractivity contribution < 1.29 is 14.4 Å². The third-order valence-electron chi connectivity index (χ3n) is 3.46. The maximum atomic E-state index is 11.9. The van der Waals surface area contributed by atoms with Crippen LogP contribution in [0.3, 0.4) is 0 Å². The van der Waals surface area contributed by atoms with Gasteiger partial charge in [-0.15, -0.1) is 0 Å². The average molecular weight is 339 g/mol. The number of carbonyl (C=O) groups is 3. The smallest absolute Gasteiger partial charge is 0.226 e. The molecule has 0 spiro atoms. The van der Waals surface area contributed by atoms with Crippen LogP contribution in [0.2, 0.25) is 0 Å². The Morgan fingerprint density at radius 2 is 1.28 bits per heavy atom. The van der Waals surface area contributed by atoms with Crippen LogP contribution >= 0.6 is 0 Å². The molecular weight excluding hydrogens is 318 g/mol. The first-order chi connectivity index (χ1) is 11.9. The molecule has 0 bridgehead atoms. The average Bonchev–Trinajstić information content (AvgIpc) is 2.56. The van der Waals surface area contributed by atoms with Crippen molar-refractivity contribution in [3.05, 3.63) is 54.1 Å². The summed E-state index contributed by atoms with van der Waals surface area (Å²) in [5.74, 6) is -0.238. The summed E-state index contributed by atoms with van der Waals surface area (Å²) in [6.07, 6.45) is 0.307. The first-order valence-electron chi connectivity index (χ1n) is 7.96. The highest BCUT2D eigenvalue weighted by Gasteiger charge is 2.04. The Labute approximate surface area is 146 Å². The van der Waals surface area contributed by atoms with Gasteiger partial charge >= 0.3 is 0 Å². The molecular formula is C19H21N3O3. The van der Waals surface area contributed by atoms with E-state index in [-0.39, 0.29) is 17.6 Å². The van der Waals surface area contributed by atoms with E-state index in [1.54, 1.807) is 36.4 Å². The highest BCUT2D eigenvalue weighted by Crippen LogP contribution is 2.14. The van der Waals surface area contributed by atoms with Gasteiger partial charge in [-0.05, 0) is 55.5 Å². The predicted molar refractivity (Wildman–Crippen MR) is 98.9 cm³/mol. The van der Waals surface area contributed by atoms with E-state index in [1.165, 1.54) is 13.8 Å². The molecule has 0 aliphatic rings. The van der Waals surface area contributed by atoms with E-state index in [2.05, 4.69) is 16.0 Å². The molecule has 6 heteroatoms. The minimum Gasteiger partial charge on any atom is -0.385 e. The summed E-state index contributed by atoms with van der Waals surface area (Å²) in [6.45, 7) is 3.44. The maximum Gasteiger partial charge on any atom is 0.226 e. The van der Waals surface area contributed by atoms with Gasteiger partial charge in [0, 0.05) is 42.5 Å². The number of ketones is 1. The second-order valence-electron chi connectivity index (χ2n) is 5.62. The standard InChI is InChI=1S/C19H21N3O3/c1-13(23)15-3-5-18(6-4-15)22-19(25)11-12-20-16-7-9-17(10-8-16)21-14(2)24/h3-10,20H,11-12H2,1-2H3,(H,21,24)(H,22,25). The second kappa shape index (κ2) is 8.63. The summed E-state index contributed by atoms with van der Waals surface area (Å²) >= 11 is 0. The third kappa shape index (κ3) is 6.10. The highest BCUT2D eigenvalue weighted by molar-refractivity contribution is 5.95. The Morgan fingerprint density at radius 1 is 0.760 bits per heavy atom. The van der Waals surface area contributed by atoms with Gasteiger partial charge in [0.2, 0.25) is 11.8 Å². The van der Waals surface area contributed by atoms with Gasteiger partial charge in [0.05, 0.1) is 0 Å². The molecule has 6 nitrogen and oxygen atoms in total. The number of amides is 2. The summed E-state index contributed by atoms with van der Waals surface area (Å²) < 4.78 is 0. The topological polar surface area (TPSA) is 87.3 Å². The van der Waals surface area contributed by atoms with Crippen molar-refractivity contribution >= 4 is 34.7 Å². The lowest BCUT2D eigenvalue weighted by molar-refractivity contribution is -0.116. The maximum absolute atomic E-state index is 11.9. The van der Waals surface area contributed by atoms with Gasteiger partial charge in [-0.25, -0.2) is 0 Å². The van der Waals surface area contributed by atoms with Gasteiger partial charge in [0.15, 0.2) is 5.78 Å². The first-order valence-corrected chi connectivity index (χ1v) is 7.96. The summed E-state index contributed by atoms with van der Waals surface area (Å²) in [5.41, 5.74) is 2.87. The molecule has 0 saturated heterocycles. The monoisotopic (exact) mass is 339 g/mol. The molecule has 0 aliphatic carbocycles. The largest absolute Gasteiger partial charge is 0.385 e. The first kappa shape index (κ1) is 18.2. The molecule has 25 heavy (non-hydrogen) atoms. The minimum atomic E-state index is -0.117. The van der Waals surface area contributed by atoms with E-state index in [0.717, 1.165) is 11.4 Å². The molecule has 0 atom stereocenters. The zero-order valence-electron chi connectivity index (χ0n) is 14.3. The SMILES string of the molecule is CC(=O)Nc1ccc(NCCC(=O)Nc2ccc(C(C)=O)cc2)cc1. The van der Waals surface area contributed by atoms with Crippen molar-refractivity contribution in [1.82, 2.24) is 0 Å². The lowest BCUT2D eigenvalue weighted by Crippen LogP contribution is -2.16. The number of carbonyl (C=O) groups excluding carboxylic acids is 3. The summed E-state index contributed by atoms with van der Waals surface area (Å²) in [7, 11) is 0.